The molecule has 0 amide bonds. The Bertz CT molecular complexity index is 309. The van der Waals surface area contributed by atoms with E-state index in [0.29, 0.717) is 25.2 Å². The number of unbranched alkanes of at least 4 members (excludes halogenated alkanes) is 1. The van der Waals surface area contributed by atoms with E-state index in [1.54, 1.807) is 13.2 Å². The Labute approximate surface area is 110 Å². The maximum Gasteiger partial charge on any atom is 0.393 e. The number of nitrogens with one attached hydrogen (secondary N) is 1. The minimum atomic E-state index is -0.982. The van der Waals surface area contributed by atoms with Crippen molar-refractivity contribution >= 4 is 28.9 Å². The van der Waals surface area contributed by atoms with E-state index in [2.05, 4.69) is 15.3 Å². The number of amidine groups is 1. The zero-order valence-corrected chi connectivity index (χ0v) is 11.3. The van der Waals surface area contributed by atoms with Gasteiger partial charge in [0.15, 0.2) is 0 Å². The molecular weight excluding hydrogens is 258 g/mol. The van der Waals surface area contributed by atoms with Gasteiger partial charge in [0.25, 0.3) is 0 Å². The van der Waals surface area contributed by atoms with Crippen LogP contribution in [0, 0.1) is 0 Å². The summed E-state index contributed by atoms with van der Waals surface area (Å²) in [6.07, 6.45) is 3.52. The summed E-state index contributed by atoms with van der Waals surface area (Å²) in [5.74, 6) is -0.482. The predicted octanol–water partition coefficient (Wildman–Crippen LogP) is 0.991. The first-order valence-corrected chi connectivity index (χ1v) is 6.71. The zero-order chi connectivity index (χ0) is 14.0. The van der Waals surface area contributed by atoms with Crippen LogP contribution in [0.1, 0.15) is 26.2 Å². The number of hydrogen-bond acceptors (Lipinski definition) is 6. The third kappa shape index (κ3) is 8.82. The van der Waals surface area contributed by atoms with Crippen molar-refractivity contribution in [1.29, 1.82) is 0 Å². The van der Waals surface area contributed by atoms with Gasteiger partial charge in [0.05, 0.1) is 0 Å². The van der Waals surface area contributed by atoms with Gasteiger partial charge in [0.2, 0.25) is 0 Å². The van der Waals surface area contributed by atoms with E-state index < -0.39 is 17.3 Å². The van der Waals surface area contributed by atoms with Gasteiger partial charge in [-0.05, 0) is 44.2 Å². The van der Waals surface area contributed by atoms with Crippen molar-refractivity contribution in [2.24, 2.45) is 10.9 Å². The average Bonchev–Trinajstić information content (AvgIpc) is 2.34. The number of nitrogens with two attached hydrogens (primary N) is 1. The van der Waals surface area contributed by atoms with Gasteiger partial charge in [-0.3, -0.25) is 4.79 Å². The lowest BCUT2D eigenvalue weighted by Gasteiger charge is -2.07. The first kappa shape index (κ1) is 16.7. The molecule has 0 saturated carbocycles. The highest BCUT2D eigenvalue weighted by Crippen LogP contribution is 2.00. The summed E-state index contributed by atoms with van der Waals surface area (Å²) < 4.78 is 0. The molecule has 0 spiro atoms. The summed E-state index contributed by atoms with van der Waals surface area (Å²) in [5, 5.41) is 14.6. The van der Waals surface area contributed by atoms with Crippen molar-refractivity contribution in [1.82, 2.24) is 5.32 Å². The van der Waals surface area contributed by atoms with Crippen LogP contribution in [0.25, 0.3) is 0 Å². The summed E-state index contributed by atoms with van der Waals surface area (Å²) in [7, 11) is 0. The molecule has 0 bridgehead atoms. The van der Waals surface area contributed by atoms with Crippen molar-refractivity contribution in [3.8, 4) is 0 Å². The van der Waals surface area contributed by atoms with Crippen LogP contribution < -0.4 is 11.1 Å². The molecule has 0 rings (SSSR count). The van der Waals surface area contributed by atoms with Gasteiger partial charge in [0, 0.05) is 6.54 Å². The van der Waals surface area contributed by atoms with Crippen LogP contribution in [-0.2, 0) is 9.63 Å². The number of thioether (sulfide) groups is 1. The molecule has 0 aliphatic heterocycles. The van der Waals surface area contributed by atoms with Crippen LogP contribution in [0.5, 0.6) is 0 Å². The van der Waals surface area contributed by atoms with Crippen LogP contribution in [0.15, 0.2) is 5.16 Å². The number of carboxylic acid groups (broad SMARTS) is 1. The van der Waals surface area contributed by atoms with Gasteiger partial charge in [-0.1, -0.05) is 5.16 Å². The summed E-state index contributed by atoms with van der Waals surface area (Å²) in [6, 6.07) is -0.803. The third-order valence-electron chi connectivity index (χ3n) is 2.06. The molecule has 18 heavy (non-hydrogen) atoms. The normalized spacial score (nSPS) is 12.9. The lowest BCUT2D eigenvalue weighted by Crippen LogP contribution is -2.30. The highest BCUT2D eigenvalue weighted by atomic mass is 32.2. The van der Waals surface area contributed by atoms with Crippen LogP contribution in [-0.4, -0.2) is 41.1 Å². The molecule has 0 radical (unpaired) electrons. The molecule has 0 aromatic heterocycles. The molecule has 0 heterocycles. The standard InChI is InChI=1S/C10H19N3O4S/c1-7(13-17-10(16)18-2)12-6-4-3-5-8(11)9(14)15/h8H,3-6,11H2,1-2H3,(H,12,13)(H,14,15)/t8-/m0/s1. The van der Waals surface area contributed by atoms with Crippen molar-refractivity contribution in [2.75, 3.05) is 12.8 Å². The zero-order valence-electron chi connectivity index (χ0n) is 10.5. The van der Waals surface area contributed by atoms with E-state index in [1.165, 1.54) is 0 Å². The fourth-order valence-corrected chi connectivity index (χ4v) is 1.17. The van der Waals surface area contributed by atoms with Crippen molar-refractivity contribution in [3.05, 3.63) is 0 Å². The van der Waals surface area contributed by atoms with Gasteiger partial charge in [-0.25, -0.2) is 4.79 Å². The SMILES string of the molecule is CSC(=O)O/N=C(/C)NCCCC[C@H](N)C(=O)O. The number of hydrogen-bond donors (Lipinski definition) is 3. The molecule has 0 saturated heterocycles. The second-order valence-electron chi connectivity index (χ2n) is 3.59. The largest absolute Gasteiger partial charge is 0.480 e. The van der Waals surface area contributed by atoms with Gasteiger partial charge < -0.3 is 21.0 Å². The number of oxime groups is 1. The lowest BCUT2D eigenvalue weighted by atomic mass is 10.1. The van der Waals surface area contributed by atoms with Gasteiger partial charge >= 0.3 is 11.3 Å². The molecule has 0 fully saturated rings. The average molecular weight is 277 g/mol. The number of aliphatic carboxylic acids is 1. The van der Waals surface area contributed by atoms with Crippen LogP contribution in [0.3, 0.4) is 0 Å². The van der Waals surface area contributed by atoms with E-state index in [0.717, 1.165) is 18.2 Å². The van der Waals surface area contributed by atoms with Crippen molar-refractivity contribution in [3.63, 3.8) is 0 Å². The minimum absolute atomic E-state index is 0.439. The molecule has 7 nitrogen and oxygen atoms in total. The van der Waals surface area contributed by atoms with Gasteiger partial charge in [-0.15, -0.1) is 0 Å². The Balaban J connectivity index is 3.60. The summed E-state index contributed by atoms with van der Waals surface area (Å²) in [4.78, 5) is 25.7. The summed E-state index contributed by atoms with van der Waals surface area (Å²) >= 11 is 0.939. The van der Waals surface area contributed by atoms with Crippen LogP contribution >= 0.6 is 11.8 Å². The number of rotatable bonds is 7. The van der Waals surface area contributed by atoms with Gasteiger partial charge in [-0.2, -0.15) is 0 Å². The number of carboxylic acids is 1. The molecule has 104 valence electrons. The maximum atomic E-state index is 10.8. The molecular formula is C10H19N3O4S. The van der Waals surface area contributed by atoms with Crippen LogP contribution in [0.2, 0.25) is 0 Å². The second kappa shape index (κ2) is 9.72. The molecule has 0 aromatic rings. The Morgan fingerprint density at radius 3 is 2.72 bits per heavy atom. The highest BCUT2D eigenvalue weighted by Gasteiger charge is 2.09. The van der Waals surface area contributed by atoms with Crippen molar-refractivity contribution < 1.29 is 19.5 Å². The highest BCUT2D eigenvalue weighted by molar-refractivity contribution is 8.12. The third-order valence-corrected chi connectivity index (χ3v) is 2.47. The van der Waals surface area contributed by atoms with Gasteiger partial charge in [0.1, 0.15) is 11.9 Å². The molecule has 0 aliphatic rings. The quantitative estimate of drug-likeness (QED) is 0.209. The first-order chi connectivity index (χ1) is 8.47. The molecule has 0 aromatic carbocycles. The smallest absolute Gasteiger partial charge is 0.393 e. The van der Waals surface area contributed by atoms with E-state index >= 15 is 0 Å². The number of nitrogens with zero attached hydrogens (tertiary/aromatic N) is 1. The molecule has 0 aliphatic carbocycles. The maximum absolute atomic E-state index is 10.8. The monoisotopic (exact) mass is 277 g/mol. The Morgan fingerprint density at radius 2 is 2.17 bits per heavy atom. The Kier molecular flexibility index (Phi) is 9.03. The molecule has 0 unspecified atom stereocenters. The topological polar surface area (TPSA) is 114 Å². The summed E-state index contributed by atoms with van der Waals surface area (Å²) in [5.41, 5.74) is 5.35. The Morgan fingerprint density at radius 1 is 1.50 bits per heavy atom. The molecule has 1 atom stereocenters. The minimum Gasteiger partial charge on any atom is -0.480 e. The lowest BCUT2D eigenvalue weighted by molar-refractivity contribution is -0.138. The first-order valence-electron chi connectivity index (χ1n) is 5.49. The van der Waals surface area contributed by atoms with Crippen LogP contribution in [0.4, 0.5) is 4.79 Å². The van der Waals surface area contributed by atoms with E-state index in [4.69, 9.17) is 10.8 Å². The molecule has 8 heteroatoms. The van der Waals surface area contributed by atoms with E-state index in [9.17, 15) is 9.59 Å². The fourth-order valence-electron chi connectivity index (χ4n) is 1.06. The number of carbonyl (C=O) groups is 2. The second-order valence-corrected chi connectivity index (χ2v) is 4.33. The Hall–Kier alpha value is -1.28. The summed E-state index contributed by atoms with van der Waals surface area (Å²) in [6.45, 7) is 2.30. The predicted molar refractivity (Wildman–Crippen MR) is 70.6 cm³/mol. The van der Waals surface area contributed by atoms with E-state index in [1.807, 2.05) is 0 Å². The van der Waals surface area contributed by atoms with Crippen molar-refractivity contribution in [2.45, 2.75) is 32.2 Å². The van der Waals surface area contributed by atoms with E-state index in [-0.39, 0.29) is 0 Å². The number of carbonyl (C=O) groups excluding carboxylic acids is 1. The molecule has 4 N–H and O–H groups in total. The fraction of sp³-hybridized carbons (Fsp3) is 0.700.